The van der Waals surface area contributed by atoms with Crippen LogP contribution in [0.15, 0.2) is 22.7 Å². The molecular formula is C12H12BrN3O. The summed E-state index contributed by atoms with van der Waals surface area (Å²) >= 11 is 3.37. The van der Waals surface area contributed by atoms with E-state index in [-0.39, 0.29) is 11.8 Å². The molecule has 1 heterocycles. The van der Waals surface area contributed by atoms with Gasteiger partial charge >= 0.3 is 0 Å². The first kappa shape index (κ1) is 12.1. The number of anilines is 1. The number of hydrogen-bond acceptors (Lipinski definition) is 3. The van der Waals surface area contributed by atoms with E-state index in [1.165, 1.54) is 0 Å². The number of nitriles is 1. The average Bonchev–Trinajstić information content (AvgIpc) is 2.71. The predicted octanol–water partition coefficient (Wildman–Crippen LogP) is 1.63. The first-order valence-corrected chi connectivity index (χ1v) is 6.15. The molecule has 1 aromatic rings. The van der Waals surface area contributed by atoms with E-state index < -0.39 is 0 Å². The molecule has 88 valence electrons. The van der Waals surface area contributed by atoms with Crippen LogP contribution in [0.1, 0.15) is 12.0 Å². The Morgan fingerprint density at radius 1 is 1.59 bits per heavy atom. The standard InChI is InChI=1S/C12H12BrN3O/c13-12-9(6-15)2-1-3-10(12)16-7-8(5-14)4-11(16)17/h1-3,8H,4-5,7,14H2. The molecule has 2 rings (SSSR count). The first-order valence-electron chi connectivity index (χ1n) is 5.36. The fourth-order valence-corrected chi connectivity index (χ4v) is 2.55. The highest BCUT2D eigenvalue weighted by Crippen LogP contribution is 2.33. The summed E-state index contributed by atoms with van der Waals surface area (Å²) in [6, 6.07) is 7.42. The van der Waals surface area contributed by atoms with Crippen molar-refractivity contribution in [2.24, 2.45) is 11.7 Å². The molecule has 5 heteroatoms. The second kappa shape index (κ2) is 4.86. The second-order valence-corrected chi connectivity index (χ2v) is 4.85. The van der Waals surface area contributed by atoms with Crippen molar-refractivity contribution in [1.82, 2.24) is 0 Å². The van der Waals surface area contributed by atoms with Gasteiger partial charge in [0.05, 0.1) is 15.7 Å². The van der Waals surface area contributed by atoms with E-state index in [1.807, 2.05) is 6.07 Å². The van der Waals surface area contributed by atoms with Crippen LogP contribution in [0.5, 0.6) is 0 Å². The summed E-state index contributed by atoms with van der Waals surface area (Å²) < 4.78 is 0.675. The summed E-state index contributed by atoms with van der Waals surface area (Å²) in [5, 5.41) is 8.95. The predicted molar refractivity (Wildman–Crippen MR) is 68.4 cm³/mol. The normalized spacial score (nSPS) is 19.5. The number of nitrogens with two attached hydrogens (primary N) is 1. The van der Waals surface area contributed by atoms with Gasteiger partial charge in [-0.3, -0.25) is 4.79 Å². The third-order valence-corrected chi connectivity index (χ3v) is 3.76. The third-order valence-electron chi connectivity index (χ3n) is 2.93. The molecule has 1 aromatic carbocycles. The summed E-state index contributed by atoms with van der Waals surface area (Å²) in [6.45, 7) is 1.14. The van der Waals surface area contributed by atoms with Crippen molar-refractivity contribution >= 4 is 27.5 Å². The Kier molecular flexibility index (Phi) is 3.46. The Morgan fingerprint density at radius 3 is 2.94 bits per heavy atom. The van der Waals surface area contributed by atoms with Crippen LogP contribution in [0.25, 0.3) is 0 Å². The van der Waals surface area contributed by atoms with Crippen LogP contribution >= 0.6 is 15.9 Å². The molecule has 1 aliphatic heterocycles. The zero-order valence-corrected chi connectivity index (χ0v) is 10.8. The van der Waals surface area contributed by atoms with E-state index in [0.717, 1.165) is 5.69 Å². The van der Waals surface area contributed by atoms with Gasteiger partial charge in [0, 0.05) is 13.0 Å². The van der Waals surface area contributed by atoms with E-state index in [4.69, 9.17) is 11.0 Å². The second-order valence-electron chi connectivity index (χ2n) is 4.06. The summed E-state index contributed by atoms with van der Waals surface area (Å²) in [5.74, 6) is 0.274. The van der Waals surface area contributed by atoms with Crippen LogP contribution in [0.2, 0.25) is 0 Å². The molecule has 0 aromatic heterocycles. The van der Waals surface area contributed by atoms with Crippen LogP contribution in [0.3, 0.4) is 0 Å². The van der Waals surface area contributed by atoms with Gasteiger partial charge in [0.25, 0.3) is 0 Å². The minimum absolute atomic E-state index is 0.0660. The van der Waals surface area contributed by atoms with Gasteiger partial charge in [-0.2, -0.15) is 5.26 Å². The number of nitrogens with zero attached hydrogens (tertiary/aromatic N) is 2. The molecule has 0 spiro atoms. The Morgan fingerprint density at radius 2 is 2.35 bits per heavy atom. The lowest BCUT2D eigenvalue weighted by molar-refractivity contribution is -0.117. The topological polar surface area (TPSA) is 70.1 Å². The van der Waals surface area contributed by atoms with Gasteiger partial charge in [-0.1, -0.05) is 6.07 Å². The Bertz CT molecular complexity index is 495. The Hall–Kier alpha value is -1.38. The quantitative estimate of drug-likeness (QED) is 0.901. The van der Waals surface area contributed by atoms with Gasteiger partial charge in [-0.15, -0.1) is 0 Å². The zero-order valence-electron chi connectivity index (χ0n) is 9.19. The molecule has 1 aliphatic rings. The molecule has 0 saturated carbocycles. The molecule has 1 atom stereocenters. The smallest absolute Gasteiger partial charge is 0.227 e. The van der Waals surface area contributed by atoms with Gasteiger partial charge in [0.15, 0.2) is 0 Å². The van der Waals surface area contributed by atoms with E-state index >= 15 is 0 Å². The van der Waals surface area contributed by atoms with Crippen LogP contribution in [0.4, 0.5) is 5.69 Å². The highest BCUT2D eigenvalue weighted by molar-refractivity contribution is 9.10. The molecule has 4 nitrogen and oxygen atoms in total. The lowest BCUT2D eigenvalue weighted by Crippen LogP contribution is -2.26. The fraction of sp³-hybridized carbons (Fsp3) is 0.333. The van der Waals surface area contributed by atoms with Gasteiger partial charge < -0.3 is 10.6 Å². The molecular weight excluding hydrogens is 282 g/mol. The van der Waals surface area contributed by atoms with Gasteiger partial charge in [0.1, 0.15) is 6.07 Å². The van der Waals surface area contributed by atoms with E-state index in [9.17, 15) is 4.79 Å². The number of rotatable bonds is 2. The van der Waals surface area contributed by atoms with Crippen molar-refractivity contribution < 1.29 is 4.79 Å². The molecule has 1 fully saturated rings. The number of benzene rings is 1. The van der Waals surface area contributed by atoms with Crippen molar-refractivity contribution in [3.8, 4) is 6.07 Å². The lowest BCUT2D eigenvalue weighted by atomic mass is 10.1. The fourth-order valence-electron chi connectivity index (χ4n) is 1.99. The van der Waals surface area contributed by atoms with Crippen molar-refractivity contribution in [2.45, 2.75) is 6.42 Å². The minimum atomic E-state index is 0.0660. The van der Waals surface area contributed by atoms with E-state index in [1.54, 1.807) is 17.0 Å². The van der Waals surface area contributed by atoms with Gasteiger partial charge in [0.2, 0.25) is 5.91 Å². The van der Waals surface area contributed by atoms with Crippen LogP contribution in [-0.4, -0.2) is 19.0 Å². The Balaban J connectivity index is 2.36. The van der Waals surface area contributed by atoms with Crippen LogP contribution in [0, 0.1) is 17.2 Å². The van der Waals surface area contributed by atoms with Gasteiger partial charge in [-0.25, -0.2) is 0 Å². The maximum atomic E-state index is 11.9. The van der Waals surface area contributed by atoms with Gasteiger partial charge in [-0.05, 0) is 40.5 Å². The number of carbonyl (C=O) groups excluding carboxylic acids is 1. The average molecular weight is 294 g/mol. The molecule has 2 N–H and O–H groups in total. The molecule has 1 unspecified atom stereocenters. The monoisotopic (exact) mass is 293 g/mol. The van der Waals surface area contributed by atoms with E-state index in [0.29, 0.717) is 29.5 Å². The van der Waals surface area contributed by atoms with Crippen LogP contribution in [-0.2, 0) is 4.79 Å². The summed E-state index contributed by atoms with van der Waals surface area (Å²) in [7, 11) is 0. The number of amides is 1. The third kappa shape index (κ3) is 2.19. The highest BCUT2D eigenvalue weighted by atomic mass is 79.9. The van der Waals surface area contributed by atoms with Crippen molar-refractivity contribution in [3.05, 3.63) is 28.2 Å². The summed E-state index contributed by atoms with van der Waals surface area (Å²) in [4.78, 5) is 13.6. The largest absolute Gasteiger partial charge is 0.330 e. The maximum absolute atomic E-state index is 11.9. The molecule has 0 radical (unpaired) electrons. The van der Waals surface area contributed by atoms with Crippen LogP contribution < -0.4 is 10.6 Å². The number of halogens is 1. The van der Waals surface area contributed by atoms with E-state index in [2.05, 4.69) is 22.0 Å². The number of hydrogen-bond donors (Lipinski definition) is 1. The summed E-state index contributed by atoms with van der Waals surface area (Å²) in [5.41, 5.74) is 6.88. The highest BCUT2D eigenvalue weighted by Gasteiger charge is 2.30. The molecule has 0 bridgehead atoms. The minimum Gasteiger partial charge on any atom is -0.330 e. The summed E-state index contributed by atoms with van der Waals surface area (Å²) in [6.07, 6.45) is 0.486. The van der Waals surface area contributed by atoms with Crippen molar-refractivity contribution in [3.63, 3.8) is 0 Å². The molecule has 17 heavy (non-hydrogen) atoms. The zero-order chi connectivity index (χ0) is 12.4. The molecule has 0 aliphatic carbocycles. The molecule has 1 amide bonds. The first-order chi connectivity index (χ1) is 8.17. The number of carbonyl (C=O) groups is 1. The SMILES string of the molecule is N#Cc1cccc(N2CC(CN)CC2=O)c1Br. The maximum Gasteiger partial charge on any atom is 0.227 e. The van der Waals surface area contributed by atoms with Crippen molar-refractivity contribution in [2.75, 3.05) is 18.0 Å². The Labute approximate surface area is 108 Å². The van der Waals surface area contributed by atoms with Crippen molar-refractivity contribution in [1.29, 1.82) is 5.26 Å². The lowest BCUT2D eigenvalue weighted by Gasteiger charge is -2.18. The molecule has 1 saturated heterocycles.